The SMILES string of the molecule is COc1ccccc1CCN1COc2c(cc3c(c2C)O/C(=C\c2ccco2)C3=O)C1. The molecule has 0 fully saturated rings. The molecule has 2 aromatic carbocycles. The van der Waals surface area contributed by atoms with E-state index in [9.17, 15) is 4.79 Å². The average molecular weight is 417 g/mol. The number of carbonyl (C=O) groups is 1. The Morgan fingerprint density at radius 2 is 2.03 bits per heavy atom. The number of Topliss-reactive ketones (excluding diaryl/α,β-unsaturated/α-hetero) is 1. The lowest BCUT2D eigenvalue weighted by molar-refractivity contribution is 0.0952. The zero-order valence-electron chi connectivity index (χ0n) is 17.5. The van der Waals surface area contributed by atoms with Gasteiger partial charge in [0.1, 0.15) is 29.7 Å². The van der Waals surface area contributed by atoms with Crippen LogP contribution in [0.2, 0.25) is 0 Å². The lowest BCUT2D eigenvalue weighted by atomic mass is 10.00. The zero-order valence-corrected chi connectivity index (χ0v) is 17.5. The van der Waals surface area contributed by atoms with E-state index in [2.05, 4.69) is 11.0 Å². The van der Waals surface area contributed by atoms with Gasteiger partial charge in [0, 0.05) is 30.3 Å². The third-order valence-corrected chi connectivity index (χ3v) is 5.71. The van der Waals surface area contributed by atoms with Crippen LogP contribution in [0.25, 0.3) is 6.08 Å². The quantitative estimate of drug-likeness (QED) is 0.565. The Balaban J connectivity index is 1.36. The van der Waals surface area contributed by atoms with Crippen molar-refractivity contribution in [3.63, 3.8) is 0 Å². The van der Waals surface area contributed by atoms with Crippen molar-refractivity contribution >= 4 is 11.9 Å². The molecule has 1 aromatic heterocycles. The molecule has 0 spiro atoms. The van der Waals surface area contributed by atoms with Crippen molar-refractivity contribution in [1.82, 2.24) is 4.90 Å². The molecule has 0 bridgehead atoms. The molecule has 3 heterocycles. The summed E-state index contributed by atoms with van der Waals surface area (Å²) in [5.74, 6) is 2.99. The first-order valence-corrected chi connectivity index (χ1v) is 10.3. The third-order valence-electron chi connectivity index (χ3n) is 5.71. The van der Waals surface area contributed by atoms with E-state index in [0.29, 0.717) is 30.3 Å². The van der Waals surface area contributed by atoms with Gasteiger partial charge in [0.2, 0.25) is 5.78 Å². The molecule has 31 heavy (non-hydrogen) atoms. The number of ether oxygens (including phenoxy) is 3. The minimum Gasteiger partial charge on any atom is -0.496 e. The third kappa shape index (κ3) is 3.59. The summed E-state index contributed by atoms with van der Waals surface area (Å²) in [6.45, 7) is 3.96. The van der Waals surface area contributed by atoms with Crippen LogP contribution in [0.1, 0.15) is 32.8 Å². The summed E-state index contributed by atoms with van der Waals surface area (Å²) in [4.78, 5) is 15.1. The van der Waals surface area contributed by atoms with Crippen LogP contribution in [0, 0.1) is 6.92 Å². The van der Waals surface area contributed by atoms with E-state index in [-0.39, 0.29) is 11.5 Å². The lowest BCUT2D eigenvalue weighted by Crippen LogP contribution is -2.34. The smallest absolute Gasteiger partial charge is 0.232 e. The molecule has 3 aromatic rings. The number of fused-ring (bicyclic) bond motifs is 2. The van der Waals surface area contributed by atoms with Crippen LogP contribution >= 0.6 is 0 Å². The molecule has 0 amide bonds. The van der Waals surface area contributed by atoms with Crippen LogP contribution in [0.4, 0.5) is 0 Å². The van der Waals surface area contributed by atoms with E-state index in [4.69, 9.17) is 18.6 Å². The Morgan fingerprint density at radius 1 is 1.16 bits per heavy atom. The van der Waals surface area contributed by atoms with Crippen LogP contribution in [0.15, 0.2) is 58.9 Å². The molecule has 158 valence electrons. The molecular formula is C25H23NO5. The predicted molar refractivity (Wildman–Crippen MR) is 115 cm³/mol. The summed E-state index contributed by atoms with van der Waals surface area (Å²) in [6, 6.07) is 13.5. The van der Waals surface area contributed by atoms with Gasteiger partial charge < -0.3 is 18.6 Å². The maximum absolute atomic E-state index is 12.9. The highest BCUT2D eigenvalue weighted by atomic mass is 16.5. The summed E-state index contributed by atoms with van der Waals surface area (Å²) in [5, 5.41) is 0. The van der Waals surface area contributed by atoms with Crippen molar-refractivity contribution in [3.05, 3.63) is 82.5 Å². The number of nitrogens with zero attached hydrogens (tertiary/aromatic N) is 1. The van der Waals surface area contributed by atoms with Crippen molar-refractivity contribution in [2.75, 3.05) is 20.4 Å². The Hall–Kier alpha value is -3.51. The Morgan fingerprint density at radius 3 is 2.84 bits per heavy atom. The zero-order chi connectivity index (χ0) is 21.4. The normalized spacial score (nSPS) is 16.6. The highest BCUT2D eigenvalue weighted by Gasteiger charge is 2.33. The van der Waals surface area contributed by atoms with Crippen molar-refractivity contribution in [1.29, 1.82) is 0 Å². The summed E-state index contributed by atoms with van der Waals surface area (Å²) >= 11 is 0. The predicted octanol–water partition coefficient (Wildman–Crippen LogP) is 4.61. The molecule has 0 N–H and O–H groups in total. The average Bonchev–Trinajstić information content (AvgIpc) is 3.41. The molecule has 2 aliphatic heterocycles. The second-order valence-corrected chi connectivity index (χ2v) is 7.71. The molecule has 0 unspecified atom stereocenters. The fraction of sp³-hybridized carbons (Fsp3) is 0.240. The number of benzene rings is 2. The van der Waals surface area contributed by atoms with Gasteiger partial charge >= 0.3 is 0 Å². The van der Waals surface area contributed by atoms with Crippen LogP contribution < -0.4 is 14.2 Å². The van der Waals surface area contributed by atoms with Crippen molar-refractivity contribution < 1.29 is 23.4 Å². The number of rotatable bonds is 5. The van der Waals surface area contributed by atoms with E-state index in [1.54, 1.807) is 31.6 Å². The van der Waals surface area contributed by atoms with E-state index >= 15 is 0 Å². The molecule has 6 nitrogen and oxygen atoms in total. The van der Waals surface area contributed by atoms with E-state index < -0.39 is 0 Å². The number of carbonyl (C=O) groups excluding carboxylic acids is 1. The number of para-hydroxylation sites is 1. The van der Waals surface area contributed by atoms with Crippen molar-refractivity contribution in [2.45, 2.75) is 19.9 Å². The van der Waals surface area contributed by atoms with E-state index in [1.807, 2.05) is 31.2 Å². The van der Waals surface area contributed by atoms with Gasteiger partial charge in [-0.15, -0.1) is 0 Å². The van der Waals surface area contributed by atoms with Crippen LogP contribution in [-0.4, -0.2) is 31.1 Å². The second kappa shape index (κ2) is 7.96. The van der Waals surface area contributed by atoms with Gasteiger partial charge in [0.15, 0.2) is 5.76 Å². The first-order chi connectivity index (χ1) is 15.1. The number of ketones is 1. The summed E-state index contributed by atoms with van der Waals surface area (Å²) < 4.78 is 22.7. The fourth-order valence-electron chi connectivity index (χ4n) is 4.13. The van der Waals surface area contributed by atoms with Crippen LogP contribution in [-0.2, 0) is 13.0 Å². The van der Waals surface area contributed by atoms with Crippen LogP contribution in [0.3, 0.4) is 0 Å². The lowest BCUT2D eigenvalue weighted by Gasteiger charge is -2.30. The number of furan rings is 1. The van der Waals surface area contributed by atoms with E-state index in [0.717, 1.165) is 41.2 Å². The van der Waals surface area contributed by atoms with E-state index in [1.165, 1.54) is 0 Å². The summed E-state index contributed by atoms with van der Waals surface area (Å²) in [6.07, 6.45) is 4.04. The minimum absolute atomic E-state index is 0.136. The van der Waals surface area contributed by atoms with Gasteiger partial charge in [-0.05, 0) is 43.2 Å². The number of hydrogen-bond acceptors (Lipinski definition) is 6. The van der Waals surface area contributed by atoms with Gasteiger partial charge in [0.05, 0.1) is 18.9 Å². The largest absolute Gasteiger partial charge is 0.496 e. The first-order valence-electron chi connectivity index (χ1n) is 10.3. The van der Waals surface area contributed by atoms with Gasteiger partial charge in [-0.3, -0.25) is 9.69 Å². The summed E-state index contributed by atoms with van der Waals surface area (Å²) in [5.41, 5.74) is 3.59. The highest BCUT2D eigenvalue weighted by molar-refractivity contribution is 6.15. The van der Waals surface area contributed by atoms with Gasteiger partial charge in [-0.2, -0.15) is 0 Å². The molecule has 6 heteroatoms. The monoisotopic (exact) mass is 417 g/mol. The molecule has 0 saturated heterocycles. The molecule has 0 saturated carbocycles. The molecule has 0 aliphatic carbocycles. The number of methoxy groups -OCH3 is 1. The Labute approximate surface area is 180 Å². The maximum atomic E-state index is 12.9. The first kappa shape index (κ1) is 19.5. The Bertz CT molecular complexity index is 1160. The van der Waals surface area contributed by atoms with Gasteiger partial charge in [0.25, 0.3) is 0 Å². The topological polar surface area (TPSA) is 61.1 Å². The molecule has 0 atom stereocenters. The number of hydrogen-bond donors (Lipinski definition) is 0. The van der Waals surface area contributed by atoms with Gasteiger partial charge in [-0.25, -0.2) is 0 Å². The van der Waals surface area contributed by atoms with Crippen molar-refractivity contribution in [3.8, 4) is 17.2 Å². The molecule has 0 radical (unpaired) electrons. The maximum Gasteiger partial charge on any atom is 0.232 e. The van der Waals surface area contributed by atoms with Gasteiger partial charge in [-0.1, -0.05) is 18.2 Å². The second-order valence-electron chi connectivity index (χ2n) is 7.71. The van der Waals surface area contributed by atoms with Crippen molar-refractivity contribution in [2.24, 2.45) is 0 Å². The molecule has 5 rings (SSSR count). The number of allylic oxidation sites excluding steroid dienone is 1. The standard InChI is InChI=1S/C25H23NO5/c1-16-24-18(12-20-23(27)22(31-25(16)20)13-19-7-5-11-29-19)14-26(15-30-24)10-9-17-6-3-4-8-21(17)28-2/h3-8,11-13H,9-10,14-15H2,1-2H3/b22-13-. The highest BCUT2D eigenvalue weighted by Crippen LogP contribution is 2.43. The van der Waals surface area contributed by atoms with Crippen LogP contribution in [0.5, 0.6) is 17.2 Å². The minimum atomic E-state index is -0.136. The Kier molecular flexibility index (Phi) is 5.00. The molecule has 2 aliphatic rings. The molecular weight excluding hydrogens is 394 g/mol. The fourth-order valence-corrected chi connectivity index (χ4v) is 4.13. The summed E-state index contributed by atoms with van der Waals surface area (Å²) in [7, 11) is 1.69.